The van der Waals surface area contributed by atoms with E-state index in [1.54, 1.807) is 17.0 Å². The van der Waals surface area contributed by atoms with Gasteiger partial charge < -0.3 is 20.1 Å². The largest absolute Gasteiger partial charge is 0.489 e. The van der Waals surface area contributed by atoms with Crippen LogP contribution in [0.4, 0.5) is 4.79 Å². The number of likely N-dealkylation sites (tertiary alicyclic amines) is 1. The molecule has 0 bridgehead atoms. The van der Waals surface area contributed by atoms with Gasteiger partial charge in [0.25, 0.3) is 0 Å². The van der Waals surface area contributed by atoms with Gasteiger partial charge in [0.05, 0.1) is 12.6 Å². The molecular formula is C15H21ClN2O3. The zero-order chi connectivity index (χ0) is 15.2. The van der Waals surface area contributed by atoms with Gasteiger partial charge in [-0.1, -0.05) is 17.7 Å². The van der Waals surface area contributed by atoms with Crippen LogP contribution < -0.4 is 10.1 Å². The molecule has 6 heteroatoms. The third kappa shape index (κ3) is 5.10. The Morgan fingerprint density at radius 1 is 1.62 bits per heavy atom. The number of amides is 2. The number of ether oxygens (including phenoxy) is 1. The minimum absolute atomic E-state index is 0.157. The molecule has 0 aliphatic carbocycles. The van der Waals surface area contributed by atoms with Gasteiger partial charge in [-0.3, -0.25) is 0 Å². The third-order valence-electron chi connectivity index (χ3n) is 3.36. The Morgan fingerprint density at radius 3 is 3.14 bits per heavy atom. The highest BCUT2D eigenvalue weighted by molar-refractivity contribution is 6.30. The fraction of sp³-hybridized carbons (Fsp3) is 0.533. The minimum atomic E-state index is -0.412. The van der Waals surface area contributed by atoms with Crippen molar-refractivity contribution >= 4 is 17.6 Å². The summed E-state index contributed by atoms with van der Waals surface area (Å²) >= 11 is 5.89. The SMILES string of the molecule is CC(CNC(=O)N1CCCC(O)C1)Oc1cccc(Cl)c1. The number of hydrogen-bond acceptors (Lipinski definition) is 3. The van der Waals surface area contributed by atoms with Crippen LogP contribution in [0.5, 0.6) is 5.75 Å². The second-order valence-electron chi connectivity index (χ2n) is 5.31. The average Bonchev–Trinajstić information content (AvgIpc) is 2.45. The van der Waals surface area contributed by atoms with Gasteiger partial charge in [0.15, 0.2) is 0 Å². The normalized spacial score (nSPS) is 20.0. The molecule has 0 radical (unpaired) electrons. The molecule has 1 aliphatic heterocycles. The van der Waals surface area contributed by atoms with E-state index >= 15 is 0 Å². The van der Waals surface area contributed by atoms with Crippen LogP contribution in [-0.4, -0.2) is 47.9 Å². The van der Waals surface area contributed by atoms with E-state index in [4.69, 9.17) is 16.3 Å². The number of benzene rings is 1. The molecule has 1 aromatic carbocycles. The van der Waals surface area contributed by atoms with E-state index in [1.165, 1.54) is 0 Å². The molecule has 0 saturated carbocycles. The molecule has 1 heterocycles. The number of carbonyl (C=O) groups excluding carboxylic acids is 1. The van der Waals surface area contributed by atoms with Crippen molar-refractivity contribution in [3.63, 3.8) is 0 Å². The molecule has 2 rings (SSSR count). The van der Waals surface area contributed by atoms with Crippen molar-refractivity contribution in [1.29, 1.82) is 0 Å². The number of piperidine rings is 1. The summed E-state index contributed by atoms with van der Waals surface area (Å²) < 4.78 is 5.69. The Balaban J connectivity index is 1.75. The van der Waals surface area contributed by atoms with Crippen LogP contribution in [0.2, 0.25) is 5.02 Å². The van der Waals surface area contributed by atoms with E-state index in [0.29, 0.717) is 30.4 Å². The fourth-order valence-corrected chi connectivity index (χ4v) is 2.48. The molecule has 5 nitrogen and oxygen atoms in total. The van der Waals surface area contributed by atoms with Crippen LogP contribution in [0.1, 0.15) is 19.8 Å². The van der Waals surface area contributed by atoms with E-state index < -0.39 is 6.10 Å². The number of aliphatic hydroxyl groups excluding tert-OH is 1. The smallest absolute Gasteiger partial charge is 0.317 e. The Bertz CT molecular complexity index is 484. The van der Waals surface area contributed by atoms with Crippen LogP contribution in [0.3, 0.4) is 0 Å². The van der Waals surface area contributed by atoms with Gasteiger partial charge in [-0.15, -0.1) is 0 Å². The number of β-amino-alcohol motifs (C(OH)–C–C–N with tert-alkyl or cyclic N) is 1. The van der Waals surface area contributed by atoms with Crippen LogP contribution in [-0.2, 0) is 0 Å². The first kappa shape index (κ1) is 15.9. The maximum absolute atomic E-state index is 12.0. The standard InChI is InChI=1S/C15H21ClN2O3/c1-11(21-14-6-2-4-12(16)8-14)9-17-15(20)18-7-3-5-13(19)10-18/h2,4,6,8,11,13,19H,3,5,7,9-10H2,1H3,(H,17,20). The molecule has 1 aromatic rings. The zero-order valence-electron chi connectivity index (χ0n) is 12.1. The first-order valence-corrected chi connectivity index (χ1v) is 7.55. The molecule has 1 aliphatic rings. The lowest BCUT2D eigenvalue weighted by Crippen LogP contribution is -2.48. The fourth-order valence-electron chi connectivity index (χ4n) is 2.30. The quantitative estimate of drug-likeness (QED) is 0.896. The Morgan fingerprint density at radius 2 is 2.43 bits per heavy atom. The van der Waals surface area contributed by atoms with Crippen molar-refractivity contribution in [2.75, 3.05) is 19.6 Å². The molecule has 2 atom stereocenters. The molecule has 116 valence electrons. The summed E-state index contributed by atoms with van der Waals surface area (Å²) in [5.74, 6) is 0.678. The van der Waals surface area contributed by atoms with E-state index in [2.05, 4.69) is 5.32 Å². The van der Waals surface area contributed by atoms with E-state index in [9.17, 15) is 9.90 Å². The van der Waals surface area contributed by atoms with Gasteiger partial charge in [-0.25, -0.2) is 4.79 Å². The Hall–Kier alpha value is -1.46. The summed E-state index contributed by atoms with van der Waals surface area (Å²) in [6.07, 6.45) is 1.02. The molecule has 1 saturated heterocycles. The first-order chi connectivity index (χ1) is 10.0. The maximum atomic E-state index is 12.0. The zero-order valence-corrected chi connectivity index (χ0v) is 12.8. The van der Waals surface area contributed by atoms with Crippen molar-refractivity contribution in [2.24, 2.45) is 0 Å². The number of urea groups is 1. The van der Waals surface area contributed by atoms with Crippen LogP contribution in [0, 0.1) is 0 Å². The lowest BCUT2D eigenvalue weighted by molar-refractivity contribution is 0.0832. The van der Waals surface area contributed by atoms with Crippen LogP contribution in [0.25, 0.3) is 0 Å². The van der Waals surface area contributed by atoms with E-state index in [-0.39, 0.29) is 12.1 Å². The van der Waals surface area contributed by atoms with Crippen molar-refractivity contribution in [1.82, 2.24) is 10.2 Å². The third-order valence-corrected chi connectivity index (χ3v) is 3.59. The highest BCUT2D eigenvalue weighted by Gasteiger charge is 2.22. The van der Waals surface area contributed by atoms with E-state index in [0.717, 1.165) is 12.8 Å². The topological polar surface area (TPSA) is 61.8 Å². The molecule has 2 N–H and O–H groups in total. The van der Waals surface area contributed by atoms with Gasteiger partial charge >= 0.3 is 6.03 Å². The van der Waals surface area contributed by atoms with Crippen molar-refractivity contribution in [3.05, 3.63) is 29.3 Å². The van der Waals surface area contributed by atoms with Crippen molar-refractivity contribution in [3.8, 4) is 5.75 Å². The van der Waals surface area contributed by atoms with Gasteiger partial charge in [-0.2, -0.15) is 0 Å². The predicted octanol–water partition coefficient (Wildman–Crippen LogP) is 2.27. The molecule has 0 spiro atoms. The van der Waals surface area contributed by atoms with Gasteiger partial charge in [-0.05, 0) is 38.0 Å². The number of hydrogen-bond donors (Lipinski definition) is 2. The van der Waals surface area contributed by atoms with Gasteiger partial charge in [0, 0.05) is 18.1 Å². The predicted molar refractivity (Wildman–Crippen MR) is 81.8 cm³/mol. The number of aliphatic hydroxyl groups is 1. The van der Waals surface area contributed by atoms with Gasteiger partial charge in [0.2, 0.25) is 0 Å². The summed E-state index contributed by atoms with van der Waals surface area (Å²) in [5.41, 5.74) is 0. The molecule has 2 unspecified atom stereocenters. The summed E-state index contributed by atoms with van der Waals surface area (Å²) in [5, 5.41) is 13.0. The number of halogens is 1. The number of nitrogens with zero attached hydrogens (tertiary/aromatic N) is 1. The Kier molecular flexibility index (Phi) is 5.70. The summed E-state index contributed by atoms with van der Waals surface area (Å²) in [7, 11) is 0. The Labute approximate surface area is 129 Å². The highest BCUT2D eigenvalue weighted by atomic mass is 35.5. The lowest BCUT2D eigenvalue weighted by Gasteiger charge is -2.30. The molecule has 0 aromatic heterocycles. The monoisotopic (exact) mass is 312 g/mol. The van der Waals surface area contributed by atoms with Crippen LogP contribution in [0.15, 0.2) is 24.3 Å². The minimum Gasteiger partial charge on any atom is -0.489 e. The molecule has 21 heavy (non-hydrogen) atoms. The van der Waals surface area contributed by atoms with E-state index in [1.807, 2.05) is 19.1 Å². The number of carbonyl (C=O) groups is 1. The first-order valence-electron chi connectivity index (χ1n) is 7.17. The molecule has 2 amide bonds. The highest BCUT2D eigenvalue weighted by Crippen LogP contribution is 2.18. The maximum Gasteiger partial charge on any atom is 0.317 e. The molecule has 1 fully saturated rings. The van der Waals surface area contributed by atoms with Crippen molar-refractivity contribution in [2.45, 2.75) is 32.0 Å². The van der Waals surface area contributed by atoms with Crippen molar-refractivity contribution < 1.29 is 14.6 Å². The molecular weight excluding hydrogens is 292 g/mol. The summed E-state index contributed by atoms with van der Waals surface area (Å²) in [4.78, 5) is 13.6. The lowest BCUT2D eigenvalue weighted by atomic mass is 10.1. The average molecular weight is 313 g/mol. The number of rotatable bonds is 4. The van der Waals surface area contributed by atoms with Crippen LogP contribution >= 0.6 is 11.6 Å². The number of nitrogens with one attached hydrogen (secondary N) is 1. The second kappa shape index (κ2) is 7.52. The second-order valence-corrected chi connectivity index (χ2v) is 5.75. The summed E-state index contributed by atoms with van der Waals surface area (Å²) in [6.45, 7) is 3.37. The van der Waals surface area contributed by atoms with Gasteiger partial charge in [0.1, 0.15) is 11.9 Å². The summed E-state index contributed by atoms with van der Waals surface area (Å²) in [6, 6.07) is 7.00.